The summed E-state index contributed by atoms with van der Waals surface area (Å²) in [6.45, 7) is -0.00369. The number of rotatable bonds is 6. The minimum absolute atomic E-state index is 0.00369. The third-order valence-electron chi connectivity index (χ3n) is 4.19. The Kier molecular flexibility index (Phi) is 4.73. The highest BCUT2D eigenvalue weighted by Gasteiger charge is 2.30. The van der Waals surface area contributed by atoms with Crippen LogP contribution >= 0.6 is 0 Å². The molecule has 3 rings (SSSR count). The molecule has 6 nitrogen and oxygen atoms in total. The maximum Gasteiger partial charge on any atom is 0.222 e. The van der Waals surface area contributed by atoms with Crippen molar-refractivity contribution in [3.8, 4) is 0 Å². The first-order chi connectivity index (χ1) is 11.1. The summed E-state index contributed by atoms with van der Waals surface area (Å²) in [5.41, 5.74) is 7.78. The molecule has 122 valence electrons. The summed E-state index contributed by atoms with van der Waals surface area (Å²) in [5, 5.41) is 22.3. The Morgan fingerprint density at radius 1 is 1.22 bits per heavy atom. The van der Waals surface area contributed by atoms with E-state index in [0.717, 1.165) is 11.3 Å². The van der Waals surface area contributed by atoms with Crippen molar-refractivity contribution in [3.63, 3.8) is 0 Å². The molecule has 6 heteroatoms. The SMILES string of the molecule is Nc1nc(N[C@H](CO)Cc2ccccc2)cc(C2CC(O)C2)n1. The van der Waals surface area contributed by atoms with Gasteiger partial charge in [0.05, 0.1) is 24.4 Å². The van der Waals surface area contributed by atoms with Gasteiger partial charge in [-0.15, -0.1) is 0 Å². The Bertz CT molecular complexity index is 644. The fraction of sp³-hybridized carbons (Fsp3) is 0.412. The Hall–Kier alpha value is -2.18. The smallest absolute Gasteiger partial charge is 0.222 e. The standard InChI is InChI=1S/C17H22N4O2/c18-17-20-15(12-7-14(23)8-12)9-16(21-17)19-13(10-22)6-11-4-2-1-3-5-11/h1-5,9,12-14,22-23H,6-8,10H2,(H3,18,19,20,21)/t12?,13-,14?/m0/s1. The number of aliphatic hydroxyl groups is 2. The average Bonchev–Trinajstić information content (AvgIpc) is 2.51. The number of hydrogen-bond donors (Lipinski definition) is 4. The van der Waals surface area contributed by atoms with E-state index in [0.29, 0.717) is 25.1 Å². The minimum atomic E-state index is -0.240. The van der Waals surface area contributed by atoms with Crippen LogP contribution in [0.1, 0.15) is 30.0 Å². The van der Waals surface area contributed by atoms with E-state index in [4.69, 9.17) is 5.73 Å². The summed E-state index contributed by atoms with van der Waals surface area (Å²) < 4.78 is 0. The molecule has 23 heavy (non-hydrogen) atoms. The van der Waals surface area contributed by atoms with Crippen molar-refractivity contribution in [1.29, 1.82) is 0 Å². The molecular formula is C17H22N4O2. The van der Waals surface area contributed by atoms with E-state index >= 15 is 0 Å². The van der Waals surface area contributed by atoms with Gasteiger partial charge < -0.3 is 21.3 Å². The van der Waals surface area contributed by atoms with Gasteiger partial charge in [0.2, 0.25) is 5.95 Å². The molecule has 1 atom stereocenters. The van der Waals surface area contributed by atoms with Crippen LogP contribution in [0.3, 0.4) is 0 Å². The summed E-state index contributed by atoms with van der Waals surface area (Å²) in [7, 11) is 0. The number of nitrogens with two attached hydrogens (primary N) is 1. The molecule has 0 radical (unpaired) electrons. The van der Waals surface area contributed by atoms with Gasteiger partial charge in [-0.2, -0.15) is 4.98 Å². The molecular weight excluding hydrogens is 292 g/mol. The summed E-state index contributed by atoms with van der Waals surface area (Å²) in [4.78, 5) is 8.47. The van der Waals surface area contributed by atoms with Gasteiger partial charge in [0.15, 0.2) is 0 Å². The summed E-state index contributed by atoms with van der Waals surface area (Å²) in [6, 6.07) is 11.7. The lowest BCUT2D eigenvalue weighted by Crippen LogP contribution is -2.29. The second-order valence-electron chi connectivity index (χ2n) is 6.07. The lowest BCUT2D eigenvalue weighted by atomic mass is 9.80. The molecule has 1 aliphatic carbocycles. The van der Waals surface area contributed by atoms with Crippen LogP contribution in [0.5, 0.6) is 0 Å². The zero-order valence-electron chi connectivity index (χ0n) is 12.9. The van der Waals surface area contributed by atoms with E-state index in [2.05, 4.69) is 15.3 Å². The third kappa shape index (κ3) is 3.97. The molecule has 2 aromatic rings. The first-order valence-corrected chi connectivity index (χ1v) is 7.88. The van der Waals surface area contributed by atoms with Crippen molar-refractivity contribution in [2.24, 2.45) is 0 Å². The van der Waals surface area contributed by atoms with Crippen molar-refractivity contribution in [2.45, 2.75) is 37.3 Å². The fourth-order valence-electron chi connectivity index (χ4n) is 2.87. The molecule has 0 spiro atoms. The molecule has 0 aliphatic heterocycles. The van der Waals surface area contributed by atoms with Crippen LogP contribution < -0.4 is 11.1 Å². The van der Waals surface area contributed by atoms with Crippen LogP contribution in [-0.2, 0) is 6.42 Å². The van der Waals surface area contributed by atoms with Crippen molar-refractivity contribution < 1.29 is 10.2 Å². The molecule has 0 unspecified atom stereocenters. The number of benzene rings is 1. The average molecular weight is 314 g/mol. The monoisotopic (exact) mass is 314 g/mol. The van der Waals surface area contributed by atoms with Crippen LogP contribution in [0.25, 0.3) is 0 Å². The fourth-order valence-corrected chi connectivity index (χ4v) is 2.87. The van der Waals surface area contributed by atoms with Crippen LogP contribution in [0.2, 0.25) is 0 Å². The van der Waals surface area contributed by atoms with Crippen molar-refractivity contribution in [3.05, 3.63) is 47.7 Å². The molecule has 1 aromatic carbocycles. The zero-order valence-corrected chi connectivity index (χ0v) is 12.9. The maximum atomic E-state index is 9.62. The van der Waals surface area contributed by atoms with Crippen LogP contribution in [-0.4, -0.2) is 38.9 Å². The molecule has 1 heterocycles. The van der Waals surface area contributed by atoms with Gasteiger partial charge in [0.1, 0.15) is 5.82 Å². The van der Waals surface area contributed by atoms with E-state index in [1.807, 2.05) is 36.4 Å². The van der Waals surface area contributed by atoms with Gasteiger partial charge in [-0.25, -0.2) is 4.98 Å². The minimum Gasteiger partial charge on any atom is -0.394 e. The van der Waals surface area contributed by atoms with Gasteiger partial charge >= 0.3 is 0 Å². The number of anilines is 2. The number of nitrogen functional groups attached to an aromatic ring is 1. The predicted octanol–water partition coefficient (Wildman–Crippen LogP) is 1.31. The van der Waals surface area contributed by atoms with E-state index in [-0.39, 0.29) is 30.6 Å². The Balaban J connectivity index is 1.70. The molecule has 1 aromatic heterocycles. The first-order valence-electron chi connectivity index (χ1n) is 7.88. The number of nitrogens with zero attached hydrogens (tertiary/aromatic N) is 2. The van der Waals surface area contributed by atoms with E-state index in [9.17, 15) is 10.2 Å². The number of aliphatic hydroxyl groups excluding tert-OH is 2. The van der Waals surface area contributed by atoms with Gasteiger partial charge in [0.25, 0.3) is 0 Å². The molecule has 1 fully saturated rings. The summed E-state index contributed by atoms with van der Waals surface area (Å²) >= 11 is 0. The molecule has 0 bridgehead atoms. The van der Waals surface area contributed by atoms with Crippen molar-refractivity contribution >= 4 is 11.8 Å². The molecule has 0 saturated heterocycles. The highest BCUT2D eigenvalue weighted by atomic mass is 16.3. The Morgan fingerprint density at radius 2 is 1.96 bits per heavy atom. The number of aromatic nitrogens is 2. The van der Waals surface area contributed by atoms with Gasteiger partial charge in [-0.3, -0.25) is 0 Å². The second kappa shape index (κ2) is 6.93. The lowest BCUT2D eigenvalue weighted by Gasteiger charge is -2.31. The highest BCUT2D eigenvalue weighted by Crippen LogP contribution is 2.36. The van der Waals surface area contributed by atoms with Gasteiger partial charge in [-0.1, -0.05) is 30.3 Å². The largest absolute Gasteiger partial charge is 0.394 e. The topological polar surface area (TPSA) is 104 Å². The Morgan fingerprint density at radius 3 is 2.61 bits per heavy atom. The quantitative estimate of drug-likeness (QED) is 0.641. The third-order valence-corrected chi connectivity index (χ3v) is 4.19. The number of hydrogen-bond acceptors (Lipinski definition) is 6. The van der Waals surface area contributed by atoms with E-state index < -0.39 is 0 Å². The molecule has 1 aliphatic rings. The second-order valence-corrected chi connectivity index (χ2v) is 6.07. The van der Waals surface area contributed by atoms with Crippen LogP contribution in [0.4, 0.5) is 11.8 Å². The predicted molar refractivity (Wildman–Crippen MR) is 89.1 cm³/mol. The molecule has 0 amide bonds. The molecule has 1 saturated carbocycles. The van der Waals surface area contributed by atoms with Gasteiger partial charge in [-0.05, 0) is 24.8 Å². The van der Waals surface area contributed by atoms with E-state index in [1.54, 1.807) is 0 Å². The first kappa shape index (κ1) is 15.7. The molecule has 5 N–H and O–H groups in total. The van der Waals surface area contributed by atoms with Crippen LogP contribution in [0.15, 0.2) is 36.4 Å². The highest BCUT2D eigenvalue weighted by molar-refractivity contribution is 5.43. The van der Waals surface area contributed by atoms with Crippen molar-refractivity contribution in [2.75, 3.05) is 17.7 Å². The Labute approximate surface area is 135 Å². The zero-order chi connectivity index (χ0) is 16.2. The normalized spacial score (nSPS) is 21.5. The van der Waals surface area contributed by atoms with Gasteiger partial charge in [0, 0.05) is 12.0 Å². The number of nitrogens with one attached hydrogen (secondary N) is 1. The lowest BCUT2D eigenvalue weighted by molar-refractivity contribution is 0.0732. The van der Waals surface area contributed by atoms with E-state index in [1.165, 1.54) is 0 Å². The van der Waals surface area contributed by atoms with Crippen molar-refractivity contribution in [1.82, 2.24) is 9.97 Å². The maximum absolute atomic E-state index is 9.62. The summed E-state index contributed by atoms with van der Waals surface area (Å²) in [5.74, 6) is 1.06. The summed E-state index contributed by atoms with van der Waals surface area (Å²) in [6.07, 6.45) is 1.88. The van der Waals surface area contributed by atoms with Crippen LogP contribution in [0, 0.1) is 0 Å².